The minimum absolute atomic E-state index is 0.295. The smallest absolute Gasteiger partial charge is 0.147 e. The Kier molecular flexibility index (Phi) is 6.92. The quantitative estimate of drug-likeness (QED) is 0.618. The van der Waals surface area contributed by atoms with Gasteiger partial charge in [0, 0.05) is 13.2 Å². The first-order chi connectivity index (χ1) is 7.33. The molecule has 0 bridgehead atoms. The second-order valence-corrected chi connectivity index (χ2v) is 4.24. The van der Waals surface area contributed by atoms with Crippen molar-refractivity contribution >= 4 is 0 Å². The summed E-state index contributed by atoms with van der Waals surface area (Å²) < 4.78 is 10.5. The van der Waals surface area contributed by atoms with Gasteiger partial charge in [-0.2, -0.15) is 0 Å². The van der Waals surface area contributed by atoms with Gasteiger partial charge < -0.3 is 19.9 Å². The zero-order chi connectivity index (χ0) is 10.9. The van der Waals surface area contributed by atoms with Crippen molar-refractivity contribution in [1.82, 2.24) is 5.32 Å². The van der Waals surface area contributed by atoms with E-state index in [-0.39, 0.29) is 0 Å². The van der Waals surface area contributed by atoms with Gasteiger partial charge in [-0.3, -0.25) is 0 Å². The molecule has 0 aliphatic carbocycles. The standard InChI is InChI=1S/C11H23NO3/c1-10(8-13)3-2-5-12-7-11-4-6-14-9-15-11/h10-13H,2-9H2,1H3. The number of aliphatic hydroxyl groups is 1. The molecule has 0 aromatic carbocycles. The maximum absolute atomic E-state index is 8.84. The second-order valence-electron chi connectivity index (χ2n) is 4.24. The van der Waals surface area contributed by atoms with E-state index in [9.17, 15) is 0 Å². The molecule has 4 heteroatoms. The largest absolute Gasteiger partial charge is 0.396 e. The first-order valence-corrected chi connectivity index (χ1v) is 5.84. The lowest BCUT2D eigenvalue weighted by Gasteiger charge is -2.23. The Morgan fingerprint density at radius 1 is 1.53 bits per heavy atom. The molecule has 1 saturated heterocycles. The molecule has 0 aromatic heterocycles. The van der Waals surface area contributed by atoms with Gasteiger partial charge in [0.1, 0.15) is 6.79 Å². The van der Waals surface area contributed by atoms with Crippen LogP contribution in [0.2, 0.25) is 0 Å². The number of hydrogen-bond donors (Lipinski definition) is 2. The summed E-state index contributed by atoms with van der Waals surface area (Å²) in [6.45, 7) is 5.54. The Hall–Kier alpha value is -0.160. The lowest BCUT2D eigenvalue weighted by atomic mass is 10.1. The van der Waals surface area contributed by atoms with E-state index in [0.29, 0.717) is 25.4 Å². The number of aliphatic hydroxyl groups excluding tert-OH is 1. The molecule has 0 saturated carbocycles. The van der Waals surface area contributed by atoms with Crippen LogP contribution in [0.5, 0.6) is 0 Å². The average Bonchev–Trinajstić information content (AvgIpc) is 2.29. The van der Waals surface area contributed by atoms with Crippen LogP contribution in [0.1, 0.15) is 26.2 Å². The third-order valence-electron chi connectivity index (χ3n) is 2.71. The van der Waals surface area contributed by atoms with E-state index >= 15 is 0 Å². The van der Waals surface area contributed by atoms with E-state index in [1.54, 1.807) is 0 Å². The Morgan fingerprint density at radius 2 is 2.40 bits per heavy atom. The summed E-state index contributed by atoms with van der Waals surface area (Å²) in [5, 5.41) is 12.2. The highest BCUT2D eigenvalue weighted by atomic mass is 16.7. The lowest BCUT2D eigenvalue weighted by molar-refractivity contribution is -0.137. The Labute approximate surface area is 92.0 Å². The van der Waals surface area contributed by atoms with Crippen LogP contribution in [-0.2, 0) is 9.47 Å². The molecule has 0 amide bonds. The molecule has 15 heavy (non-hydrogen) atoms. The molecule has 2 unspecified atom stereocenters. The summed E-state index contributed by atoms with van der Waals surface area (Å²) >= 11 is 0. The van der Waals surface area contributed by atoms with Crippen molar-refractivity contribution in [2.24, 2.45) is 5.92 Å². The fraction of sp³-hybridized carbons (Fsp3) is 1.00. The van der Waals surface area contributed by atoms with Crippen LogP contribution in [0.3, 0.4) is 0 Å². The van der Waals surface area contributed by atoms with Gasteiger partial charge in [0.2, 0.25) is 0 Å². The molecule has 1 aliphatic rings. The predicted molar refractivity (Wildman–Crippen MR) is 58.7 cm³/mol. The van der Waals surface area contributed by atoms with Crippen molar-refractivity contribution < 1.29 is 14.6 Å². The van der Waals surface area contributed by atoms with Gasteiger partial charge in [-0.1, -0.05) is 6.92 Å². The lowest BCUT2D eigenvalue weighted by Crippen LogP contribution is -2.34. The zero-order valence-electron chi connectivity index (χ0n) is 9.58. The molecular weight excluding hydrogens is 194 g/mol. The van der Waals surface area contributed by atoms with Gasteiger partial charge in [-0.05, 0) is 31.7 Å². The van der Waals surface area contributed by atoms with Crippen molar-refractivity contribution in [1.29, 1.82) is 0 Å². The average molecular weight is 217 g/mol. The highest BCUT2D eigenvalue weighted by Crippen LogP contribution is 2.05. The Bertz CT molecular complexity index is 149. The topological polar surface area (TPSA) is 50.7 Å². The van der Waals surface area contributed by atoms with Gasteiger partial charge in [-0.25, -0.2) is 0 Å². The summed E-state index contributed by atoms with van der Waals surface area (Å²) in [5.41, 5.74) is 0. The number of rotatable bonds is 7. The predicted octanol–water partition coefficient (Wildman–Crippen LogP) is 0.748. The van der Waals surface area contributed by atoms with Crippen LogP contribution in [0.15, 0.2) is 0 Å². The SMILES string of the molecule is CC(CO)CCCNCC1CCOCO1. The normalized spacial score (nSPS) is 24.0. The van der Waals surface area contributed by atoms with Crippen molar-refractivity contribution in [3.8, 4) is 0 Å². The summed E-state index contributed by atoms with van der Waals surface area (Å²) in [6, 6.07) is 0. The van der Waals surface area contributed by atoms with E-state index < -0.39 is 0 Å². The van der Waals surface area contributed by atoms with Gasteiger partial charge in [0.05, 0.1) is 12.7 Å². The van der Waals surface area contributed by atoms with Gasteiger partial charge in [-0.15, -0.1) is 0 Å². The van der Waals surface area contributed by atoms with E-state index in [2.05, 4.69) is 12.2 Å². The van der Waals surface area contributed by atoms with Crippen LogP contribution in [-0.4, -0.2) is 44.3 Å². The number of hydrogen-bond acceptors (Lipinski definition) is 4. The third-order valence-corrected chi connectivity index (χ3v) is 2.71. The van der Waals surface area contributed by atoms with E-state index in [4.69, 9.17) is 14.6 Å². The molecule has 1 fully saturated rings. The van der Waals surface area contributed by atoms with Crippen molar-refractivity contribution in [3.63, 3.8) is 0 Å². The monoisotopic (exact) mass is 217 g/mol. The van der Waals surface area contributed by atoms with Crippen LogP contribution in [0.4, 0.5) is 0 Å². The fourth-order valence-electron chi connectivity index (χ4n) is 1.59. The van der Waals surface area contributed by atoms with Crippen molar-refractivity contribution in [2.75, 3.05) is 33.1 Å². The number of nitrogens with one attached hydrogen (secondary N) is 1. The minimum atomic E-state index is 0.295. The van der Waals surface area contributed by atoms with Crippen molar-refractivity contribution in [2.45, 2.75) is 32.3 Å². The summed E-state index contributed by atoms with van der Waals surface area (Å²) in [4.78, 5) is 0. The van der Waals surface area contributed by atoms with Gasteiger partial charge in [0.15, 0.2) is 0 Å². The van der Waals surface area contributed by atoms with Gasteiger partial charge in [0.25, 0.3) is 0 Å². The van der Waals surface area contributed by atoms with E-state index in [0.717, 1.165) is 39.0 Å². The van der Waals surface area contributed by atoms with Crippen molar-refractivity contribution in [3.05, 3.63) is 0 Å². The van der Waals surface area contributed by atoms with Crippen LogP contribution < -0.4 is 5.32 Å². The molecular formula is C11H23NO3. The maximum atomic E-state index is 8.84. The third kappa shape index (κ3) is 6.10. The Morgan fingerprint density at radius 3 is 3.07 bits per heavy atom. The molecule has 0 aromatic rings. The fourth-order valence-corrected chi connectivity index (χ4v) is 1.59. The summed E-state index contributed by atoms with van der Waals surface area (Å²) in [5.74, 6) is 0.422. The highest BCUT2D eigenvalue weighted by Gasteiger charge is 2.12. The molecule has 1 aliphatic heterocycles. The Balaban J connectivity index is 1.87. The summed E-state index contributed by atoms with van der Waals surface area (Å²) in [7, 11) is 0. The molecule has 1 rings (SSSR count). The maximum Gasteiger partial charge on any atom is 0.147 e. The molecule has 0 spiro atoms. The molecule has 2 atom stereocenters. The molecule has 4 nitrogen and oxygen atoms in total. The minimum Gasteiger partial charge on any atom is -0.396 e. The first kappa shape index (κ1) is 12.9. The second kappa shape index (κ2) is 8.05. The molecule has 1 heterocycles. The first-order valence-electron chi connectivity index (χ1n) is 5.84. The zero-order valence-corrected chi connectivity index (χ0v) is 9.58. The van der Waals surface area contributed by atoms with Crippen LogP contribution in [0, 0.1) is 5.92 Å². The molecule has 2 N–H and O–H groups in total. The van der Waals surface area contributed by atoms with E-state index in [1.807, 2.05) is 0 Å². The van der Waals surface area contributed by atoms with Crippen LogP contribution in [0.25, 0.3) is 0 Å². The van der Waals surface area contributed by atoms with E-state index in [1.165, 1.54) is 0 Å². The summed E-state index contributed by atoms with van der Waals surface area (Å²) in [6.07, 6.45) is 3.50. The van der Waals surface area contributed by atoms with Crippen LogP contribution >= 0.6 is 0 Å². The van der Waals surface area contributed by atoms with Gasteiger partial charge >= 0.3 is 0 Å². The molecule has 90 valence electrons. The molecule has 0 radical (unpaired) electrons. The highest BCUT2D eigenvalue weighted by molar-refractivity contribution is 4.63. The number of ether oxygens (including phenoxy) is 2.